The molecule has 0 aromatic carbocycles. The van der Waals surface area contributed by atoms with Gasteiger partial charge in [-0.25, -0.2) is 4.79 Å². The highest BCUT2D eigenvalue weighted by Crippen LogP contribution is 2.28. The molecule has 1 unspecified atom stereocenters. The highest BCUT2D eigenvalue weighted by atomic mass is 16.5. The van der Waals surface area contributed by atoms with Crippen LogP contribution in [-0.4, -0.2) is 42.9 Å². The van der Waals surface area contributed by atoms with Gasteiger partial charge >= 0.3 is 12.0 Å². The fourth-order valence-corrected chi connectivity index (χ4v) is 1.66. The smallest absolute Gasteiger partial charge is 0.315 e. The van der Waals surface area contributed by atoms with Gasteiger partial charge in [0.1, 0.15) is 0 Å². The predicted molar refractivity (Wildman–Crippen MR) is 71.0 cm³/mol. The Labute approximate surface area is 113 Å². The van der Waals surface area contributed by atoms with Crippen molar-refractivity contribution in [2.75, 3.05) is 19.8 Å². The summed E-state index contributed by atoms with van der Waals surface area (Å²) >= 11 is 0. The van der Waals surface area contributed by atoms with Crippen molar-refractivity contribution in [1.82, 2.24) is 10.6 Å². The summed E-state index contributed by atoms with van der Waals surface area (Å²) in [4.78, 5) is 22.0. The molecule has 2 amide bonds. The minimum Gasteiger partial charge on any atom is -0.481 e. The zero-order chi connectivity index (χ0) is 14.1. The average Bonchev–Trinajstić information content (AvgIpc) is 3.16. The number of carbonyl (C=O) groups is 2. The summed E-state index contributed by atoms with van der Waals surface area (Å²) in [6.07, 6.45) is 3.89. The van der Waals surface area contributed by atoms with E-state index in [1.54, 1.807) is 0 Å². The standard InChI is InChI=1S/C13H24N2O4/c1-2-11(8-12(16)17)15-13(18)14-6-3-7-19-9-10-4-5-10/h10-11H,2-9H2,1H3,(H,16,17)(H2,14,15,18). The van der Waals surface area contributed by atoms with Gasteiger partial charge in [-0.05, 0) is 31.6 Å². The van der Waals surface area contributed by atoms with Crippen molar-refractivity contribution in [3.63, 3.8) is 0 Å². The van der Waals surface area contributed by atoms with Crippen LogP contribution in [0.25, 0.3) is 0 Å². The van der Waals surface area contributed by atoms with Crippen LogP contribution in [0.1, 0.15) is 39.0 Å². The topological polar surface area (TPSA) is 87.7 Å². The lowest BCUT2D eigenvalue weighted by molar-refractivity contribution is -0.137. The second kappa shape index (κ2) is 8.74. The molecule has 1 aliphatic carbocycles. The second-order valence-electron chi connectivity index (χ2n) is 4.98. The Balaban J connectivity index is 1.97. The maximum absolute atomic E-state index is 11.5. The summed E-state index contributed by atoms with van der Waals surface area (Å²) < 4.78 is 5.44. The molecule has 3 N–H and O–H groups in total. The molecule has 0 aromatic rings. The number of nitrogens with one attached hydrogen (secondary N) is 2. The largest absolute Gasteiger partial charge is 0.481 e. The monoisotopic (exact) mass is 272 g/mol. The first kappa shape index (κ1) is 15.8. The van der Waals surface area contributed by atoms with Crippen molar-refractivity contribution in [3.05, 3.63) is 0 Å². The van der Waals surface area contributed by atoms with E-state index in [0.717, 1.165) is 18.9 Å². The molecule has 1 aliphatic rings. The van der Waals surface area contributed by atoms with Gasteiger partial charge in [0.2, 0.25) is 0 Å². The Morgan fingerprint density at radius 1 is 1.42 bits per heavy atom. The van der Waals surface area contributed by atoms with Crippen molar-refractivity contribution < 1.29 is 19.4 Å². The number of amides is 2. The molecule has 6 nitrogen and oxygen atoms in total. The first-order chi connectivity index (χ1) is 9.11. The van der Waals surface area contributed by atoms with Gasteiger partial charge < -0.3 is 20.5 Å². The van der Waals surface area contributed by atoms with E-state index in [2.05, 4.69) is 10.6 Å². The minimum atomic E-state index is -0.902. The molecule has 0 radical (unpaired) electrons. The number of carboxylic acids is 1. The van der Waals surface area contributed by atoms with Gasteiger partial charge in [0.25, 0.3) is 0 Å². The summed E-state index contributed by atoms with van der Waals surface area (Å²) in [6, 6.07) is -0.626. The van der Waals surface area contributed by atoms with E-state index in [0.29, 0.717) is 19.6 Å². The number of carboxylic acid groups (broad SMARTS) is 1. The SMILES string of the molecule is CCC(CC(=O)O)NC(=O)NCCCOCC1CC1. The maximum atomic E-state index is 11.5. The maximum Gasteiger partial charge on any atom is 0.315 e. The number of hydrogen-bond donors (Lipinski definition) is 3. The number of ether oxygens (including phenoxy) is 1. The molecular formula is C13H24N2O4. The van der Waals surface area contributed by atoms with Gasteiger partial charge in [-0.3, -0.25) is 4.79 Å². The van der Waals surface area contributed by atoms with Crippen LogP contribution in [-0.2, 0) is 9.53 Å². The fourth-order valence-electron chi connectivity index (χ4n) is 1.66. The van der Waals surface area contributed by atoms with Crippen LogP contribution in [0, 0.1) is 5.92 Å². The van der Waals surface area contributed by atoms with Gasteiger partial charge in [-0.1, -0.05) is 6.92 Å². The van der Waals surface area contributed by atoms with Gasteiger partial charge in [-0.2, -0.15) is 0 Å². The van der Waals surface area contributed by atoms with E-state index >= 15 is 0 Å². The van der Waals surface area contributed by atoms with Crippen molar-refractivity contribution in [3.8, 4) is 0 Å². The van der Waals surface area contributed by atoms with E-state index < -0.39 is 5.97 Å². The number of urea groups is 1. The molecule has 6 heteroatoms. The molecule has 0 bridgehead atoms. The Morgan fingerprint density at radius 3 is 2.74 bits per heavy atom. The number of carbonyl (C=O) groups excluding carboxylic acids is 1. The Hall–Kier alpha value is -1.30. The zero-order valence-electron chi connectivity index (χ0n) is 11.5. The van der Waals surface area contributed by atoms with Crippen molar-refractivity contribution >= 4 is 12.0 Å². The lowest BCUT2D eigenvalue weighted by atomic mass is 10.1. The highest BCUT2D eigenvalue weighted by Gasteiger charge is 2.20. The molecule has 0 heterocycles. The van der Waals surface area contributed by atoms with E-state index in [1.807, 2.05) is 6.92 Å². The van der Waals surface area contributed by atoms with Crippen LogP contribution in [0.2, 0.25) is 0 Å². The molecule has 0 spiro atoms. The molecule has 1 saturated carbocycles. The van der Waals surface area contributed by atoms with Crippen LogP contribution >= 0.6 is 0 Å². The lowest BCUT2D eigenvalue weighted by Crippen LogP contribution is -2.43. The fraction of sp³-hybridized carbons (Fsp3) is 0.846. The Bertz CT molecular complexity index is 292. The van der Waals surface area contributed by atoms with Crippen LogP contribution < -0.4 is 10.6 Å². The van der Waals surface area contributed by atoms with Crippen LogP contribution in [0.4, 0.5) is 4.79 Å². The predicted octanol–water partition coefficient (Wildman–Crippen LogP) is 1.36. The number of rotatable bonds is 10. The summed E-state index contributed by atoms with van der Waals surface area (Å²) in [5.41, 5.74) is 0. The van der Waals surface area contributed by atoms with Gasteiger partial charge in [0.05, 0.1) is 6.42 Å². The van der Waals surface area contributed by atoms with Gasteiger partial charge in [0.15, 0.2) is 0 Å². The minimum absolute atomic E-state index is 0.0472. The average molecular weight is 272 g/mol. The molecule has 1 fully saturated rings. The Morgan fingerprint density at radius 2 is 2.16 bits per heavy atom. The third-order valence-corrected chi connectivity index (χ3v) is 3.05. The summed E-state index contributed by atoms with van der Waals surface area (Å²) in [5, 5.41) is 14.0. The van der Waals surface area contributed by atoms with Crippen LogP contribution in [0.15, 0.2) is 0 Å². The van der Waals surface area contributed by atoms with E-state index in [-0.39, 0.29) is 18.5 Å². The number of aliphatic carboxylic acids is 1. The van der Waals surface area contributed by atoms with Crippen LogP contribution in [0.3, 0.4) is 0 Å². The van der Waals surface area contributed by atoms with Crippen molar-refractivity contribution in [2.45, 2.75) is 45.1 Å². The summed E-state index contributed by atoms with van der Waals surface area (Å²) in [7, 11) is 0. The summed E-state index contributed by atoms with van der Waals surface area (Å²) in [5.74, 6) is -0.141. The third-order valence-electron chi connectivity index (χ3n) is 3.05. The molecule has 0 saturated heterocycles. The second-order valence-corrected chi connectivity index (χ2v) is 4.98. The van der Waals surface area contributed by atoms with E-state index in [1.165, 1.54) is 12.8 Å². The Kier molecular flexibility index (Phi) is 7.25. The molecule has 110 valence electrons. The van der Waals surface area contributed by atoms with Crippen molar-refractivity contribution in [2.24, 2.45) is 5.92 Å². The van der Waals surface area contributed by atoms with Crippen molar-refractivity contribution in [1.29, 1.82) is 0 Å². The molecule has 0 aromatic heterocycles. The normalized spacial score (nSPS) is 15.8. The van der Waals surface area contributed by atoms with E-state index in [9.17, 15) is 9.59 Å². The molecular weight excluding hydrogens is 248 g/mol. The highest BCUT2D eigenvalue weighted by molar-refractivity contribution is 5.75. The first-order valence-corrected chi connectivity index (χ1v) is 6.95. The summed E-state index contributed by atoms with van der Waals surface area (Å²) in [6.45, 7) is 3.88. The van der Waals surface area contributed by atoms with Gasteiger partial charge in [-0.15, -0.1) is 0 Å². The molecule has 1 rings (SSSR count). The zero-order valence-corrected chi connectivity index (χ0v) is 11.5. The first-order valence-electron chi connectivity index (χ1n) is 6.95. The quantitative estimate of drug-likeness (QED) is 0.524. The van der Waals surface area contributed by atoms with Gasteiger partial charge in [0, 0.05) is 25.8 Å². The third kappa shape index (κ3) is 8.42. The molecule has 0 aliphatic heterocycles. The lowest BCUT2D eigenvalue weighted by Gasteiger charge is -2.15. The van der Waals surface area contributed by atoms with E-state index in [4.69, 9.17) is 9.84 Å². The molecule has 1 atom stereocenters. The number of hydrogen-bond acceptors (Lipinski definition) is 3. The van der Waals surface area contributed by atoms with Crippen LogP contribution in [0.5, 0.6) is 0 Å². The molecule has 19 heavy (non-hydrogen) atoms.